The number of alkyl halides is 3. The Bertz CT molecular complexity index is 1550. The Kier molecular flexibility index (Phi) is 9.94. The topological polar surface area (TPSA) is 136 Å². The maximum Gasteiger partial charge on any atom is 0.490 e. The molecule has 1 aliphatic rings. The summed E-state index contributed by atoms with van der Waals surface area (Å²) >= 11 is 0. The monoisotopic (exact) mass is 609 g/mol. The number of aromatic carboxylic acids is 1. The number of aryl methyl sites for hydroxylation is 2. The summed E-state index contributed by atoms with van der Waals surface area (Å²) in [4.78, 5) is 25.0. The summed E-state index contributed by atoms with van der Waals surface area (Å²) in [6, 6.07) is 17.5. The smallest absolute Gasteiger partial charge is 0.490 e. The number of hydrogen-bond acceptors (Lipinski definition) is 7. The Labute approximate surface area is 241 Å². The number of methoxy groups -OCH3 is 1. The molecule has 42 heavy (non-hydrogen) atoms. The van der Waals surface area contributed by atoms with Gasteiger partial charge in [-0.3, -0.25) is 4.72 Å². The van der Waals surface area contributed by atoms with E-state index in [-0.39, 0.29) is 16.1 Å². The molecule has 0 saturated carbocycles. The van der Waals surface area contributed by atoms with Crippen LogP contribution in [0.4, 0.5) is 30.2 Å². The largest absolute Gasteiger partial charge is 0.495 e. The molecule has 3 aromatic carbocycles. The predicted octanol–water partition coefficient (Wildman–Crippen LogP) is 4.77. The molecule has 14 heteroatoms. The number of para-hydroxylation sites is 2. The van der Waals surface area contributed by atoms with Gasteiger partial charge in [0.15, 0.2) is 0 Å². The molecule has 0 unspecified atom stereocenters. The summed E-state index contributed by atoms with van der Waals surface area (Å²) < 4.78 is 66.4. The van der Waals surface area contributed by atoms with Crippen molar-refractivity contribution in [2.75, 3.05) is 47.8 Å². The van der Waals surface area contributed by atoms with Gasteiger partial charge >= 0.3 is 18.1 Å². The Morgan fingerprint density at radius 2 is 1.45 bits per heavy atom. The van der Waals surface area contributed by atoms with E-state index < -0.39 is 28.1 Å². The minimum atomic E-state index is -5.08. The van der Waals surface area contributed by atoms with E-state index in [9.17, 15) is 31.5 Å². The molecule has 0 amide bonds. The molecule has 0 atom stereocenters. The minimum absolute atomic E-state index is 0.0136. The van der Waals surface area contributed by atoms with Crippen molar-refractivity contribution in [3.8, 4) is 5.75 Å². The van der Waals surface area contributed by atoms with Gasteiger partial charge in [0.25, 0.3) is 10.0 Å². The summed E-state index contributed by atoms with van der Waals surface area (Å²) in [5.74, 6) is -3.08. The highest BCUT2D eigenvalue weighted by Gasteiger charge is 2.38. The van der Waals surface area contributed by atoms with E-state index in [2.05, 4.69) is 14.5 Å². The van der Waals surface area contributed by atoms with E-state index in [1.165, 1.54) is 12.1 Å². The lowest BCUT2D eigenvalue weighted by Gasteiger charge is -2.38. The highest BCUT2D eigenvalue weighted by Crippen LogP contribution is 2.33. The number of benzene rings is 3. The van der Waals surface area contributed by atoms with Crippen LogP contribution in [0.15, 0.2) is 65.6 Å². The average Bonchev–Trinajstić information content (AvgIpc) is 2.92. The van der Waals surface area contributed by atoms with Crippen molar-refractivity contribution >= 4 is 39.0 Å². The molecule has 1 aliphatic heterocycles. The van der Waals surface area contributed by atoms with Crippen LogP contribution in [-0.4, -0.2) is 70.0 Å². The normalized spacial score (nSPS) is 13.6. The molecule has 4 rings (SSSR count). The summed E-state index contributed by atoms with van der Waals surface area (Å²) in [5.41, 5.74) is 3.49. The fourth-order valence-electron chi connectivity index (χ4n) is 4.41. The van der Waals surface area contributed by atoms with Gasteiger partial charge in [-0.25, -0.2) is 18.0 Å². The molecule has 3 N–H and O–H groups in total. The number of carboxylic acids is 2. The van der Waals surface area contributed by atoms with E-state index in [0.717, 1.165) is 17.0 Å². The molecule has 0 aliphatic carbocycles. The van der Waals surface area contributed by atoms with Gasteiger partial charge in [0.1, 0.15) is 5.75 Å². The molecule has 1 heterocycles. The van der Waals surface area contributed by atoms with Crippen molar-refractivity contribution in [3.63, 3.8) is 0 Å². The van der Waals surface area contributed by atoms with Crippen LogP contribution in [0.1, 0.15) is 21.5 Å². The summed E-state index contributed by atoms with van der Waals surface area (Å²) in [7, 11) is -2.28. The first-order valence-electron chi connectivity index (χ1n) is 12.5. The van der Waals surface area contributed by atoms with Crippen molar-refractivity contribution in [1.82, 2.24) is 0 Å². The highest BCUT2D eigenvalue weighted by atomic mass is 32.2. The van der Waals surface area contributed by atoms with Crippen LogP contribution < -0.4 is 19.3 Å². The predicted molar refractivity (Wildman–Crippen MR) is 151 cm³/mol. The van der Waals surface area contributed by atoms with Crippen molar-refractivity contribution in [2.24, 2.45) is 0 Å². The molecule has 0 bridgehead atoms. The number of halogens is 3. The van der Waals surface area contributed by atoms with Gasteiger partial charge in [0.2, 0.25) is 0 Å². The third kappa shape index (κ3) is 7.84. The number of aliphatic carboxylic acids is 1. The minimum Gasteiger partial charge on any atom is -0.495 e. The first-order chi connectivity index (χ1) is 19.6. The van der Waals surface area contributed by atoms with Crippen LogP contribution >= 0.6 is 0 Å². The fourth-order valence-corrected chi connectivity index (χ4v) is 5.70. The first kappa shape index (κ1) is 32.1. The molecule has 1 saturated heterocycles. The number of carbonyl (C=O) groups is 2. The van der Waals surface area contributed by atoms with Crippen molar-refractivity contribution < 1.29 is 46.1 Å². The number of anilines is 3. The Morgan fingerprint density at radius 1 is 0.881 bits per heavy atom. The third-order valence-corrected chi connectivity index (χ3v) is 7.92. The quantitative estimate of drug-likeness (QED) is 0.346. The van der Waals surface area contributed by atoms with Crippen molar-refractivity contribution in [2.45, 2.75) is 24.9 Å². The molecule has 0 aromatic heterocycles. The summed E-state index contributed by atoms with van der Waals surface area (Å²) in [6.07, 6.45) is -5.08. The van der Waals surface area contributed by atoms with Gasteiger partial charge < -0.3 is 24.7 Å². The molecular formula is C28H30F3N3O7S. The maximum atomic E-state index is 13.3. The Balaban J connectivity index is 0.000000616. The first-order valence-corrected chi connectivity index (χ1v) is 14.0. The van der Waals surface area contributed by atoms with Gasteiger partial charge in [0.05, 0.1) is 34.6 Å². The van der Waals surface area contributed by atoms with E-state index in [1.54, 1.807) is 38.3 Å². The van der Waals surface area contributed by atoms with Crippen molar-refractivity contribution in [1.29, 1.82) is 0 Å². The van der Waals surface area contributed by atoms with Gasteiger partial charge in [-0.05, 0) is 55.8 Å². The lowest BCUT2D eigenvalue weighted by molar-refractivity contribution is -0.192. The van der Waals surface area contributed by atoms with E-state index in [1.807, 2.05) is 31.2 Å². The van der Waals surface area contributed by atoms with Crippen LogP contribution in [0.2, 0.25) is 0 Å². The Morgan fingerprint density at radius 3 is 1.98 bits per heavy atom. The molecule has 0 spiro atoms. The summed E-state index contributed by atoms with van der Waals surface area (Å²) in [6.45, 7) is 6.29. The lowest BCUT2D eigenvalue weighted by Crippen LogP contribution is -2.46. The second-order valence-electron chi connectivity index (χ2n) is 9.36. The van der Waals surface area contributed by atoms with Crippen LogP contribution in [0.3, 0.4) is 0 Å². The number of ether oxygens (including phenoxy) is 1. The number of rotatable bonds is 7. The molecule has 3 aromatic rings. The van der Waals surface area contributed by atoms with Crippen LogP contribution in [-0.2, 0) is 14.8 Å². The van der Waals surface area contributed by atoms with E-state index in [0.29, 0.717) is 37.4 Å². The number of sulfonamides is 1. The van der Waals surface area contributed by atoms with E-state index in [4.69, 9.17) is 14.6 Å². The number of nitrogens with zero attached hydrogens (tertiary/aromatic N) is 2. The Hall–Kier alpha value is -4.46. The molecule has 10 nitrogen and oxygen atoms in total. The van der Waals surface area contributed by atoms with Crippen LogP contribution in [0.5, 0.6) is 5.75 Å². The standard InChI is InChI=1S/C26H29N3O5S.C2HF3O2/c1-18-8-11-25(19(2)16-18)35(32,33)27-21-17-20(26(30)31)9-10-22(21)28-12-14-29(15-13-28)23-6-4-5-7-24(23)34-3;3-2(4,5)1(6)7/h4-11,16-17,27H,12-15H2,1-3H3,(H,30,31);(H,6,7). The summed E-state index contributed by atoms with van der Waals surface area (Å²) in [5, 5.41) is 16.6. The van der Waals surface area contributed by atoms with Gasteiger partial charge in [-0.1, -0.05) is 29.8 Å². The highest BCUT2D eigenvalue weighted by molar-refractivity contribution is 7.92. The fraction of sp³-hybridized carbons (Fsp3) is 0.286. The third-order valence-electron chi connectivity index (χ3n) is 6.40. The van der Waals surface area contributed by atoms with Crippen LogP contribution in [0, 0.1) is 13.8 Å². The number of nitrogens with one attached hydrogen (secondary N) is 1. The zero-order valence-electron chi connectivity index (χ0n) is 23.0. The van der Waals surface area contributed by atoms with Gasteiger partial charge in [-0.2, -0.15) is 13.2 Å². The molecular weight excluding hydrogens is 579 g/mol. The lowest BCUT2D eigenvalue weighted by atomic mass is 10.1. The van der Waals surface area contributed by atoms with Crippen molar-refractivity contribution in [3.05, 3.63) is 77.4 Å². The van der Waals surface area contributed by atoms with Crippen LogP contribution in [0.25, 0.3) is 0 Å². The molecule has 226 valence electrons. The second kappa shape index (κ2) is 13.0. The SMILES string of the molecule is COc1ccccc1N1CCN(c2ccc(C(=O)O)cc2NS(=O)(=O)c2ccc(C)cc2C)CC1.O=C(O)C(F)(F)F. The average molecular weight is 610 g/mol. The van der Waals surface area contributed by atoms with E-state index >= 15 is 0 Å². The zero-order valence-corrected chi connectivity index (χ0v) is 23.8. The zero-order chi connectivity index (χ0) is 31.2. The maximum absolute atomic E-state index is 13.3. The second-order valence-corrected chi connectivity index (χ2v) is 11.0. The number of piperazine rings is 1. The number of hydrogen-bond donors (Lipinski definition) is 3. The molecule has 0 radical (unpaired) electrons. The number of carboxylic acid groups (broad SMARTS) is 2. The molecule has 1 fully saturated rings. The van der Waals surface area contributed by atoms with Gasteiger partial charge in [0, 0.05) is 26.2 Å². The van der Waals surface area contributed by atoms with Gasteiger partial charge in [-0.15, -0.1) is 0 Å².